The lowest BCUT2D eigenvalue weighted by molar-refractivity contribution is 0.0954. The first-order chi connectivity index (χ1) is 17.7. The lowest BCUT2D eigenvalue weighted by atomic mass is 9.97. The summed E-state index contributed by atoms with van der Waals surface area (Å²) < 4.78 is 15.3. The average Bonchev–Trinajstić information content (AvgIpc) is 3.26. The summed E-state index contributed by atoms with van der Waals surface area (Å²) >= 11 is 1.60. The van der Waals surface area contributed by atoms with Crippen LogP contribution >= 0.6 is 11.8 Å². The summed E-state index contributed by atoms with van der Waals surface area (Å²) in [6, 6.07) is 18.1. The maximum Gasteiger partial charge on any atom is 0.251 e. The van der Waals surface area contributed by atoms with Crippen molar-refractivity contribution in [2.45, 2.75) is 49.6 Å². The van der Waals surface area contributed by atoms with Crippen molar-refractivity contribution in [3.05, 3.63) is 101 Å². The van der Waals surface area contributed by atoms with Crippen molar-refractivity contribution in [3.63, 3.8) is 0 Å². The SMILES string of the molecule is O=C(NCCC1=CCCCC1)c1ccc(Cn2c(SCc3ccc(F)cc3)nc3cccnc32)cc1. The van der Waals surface area contributed by atoms with Gasteiger partial charge in [0.1, 0.15) is 11.3 Å². The molecule has 5 rings (SSSR count). The zero-order valence-corrected chi connectivity index (χ0v) is 20.9. The Morgan fingerprint density at radius 2 is 1.83 bits per heavy atom. The Balaban J connectivity index is 1.25. The molecule has 0 aliphatic heterocycles. The number of imidazole rings is 1. The van der Waals surface area contributed by atoms with E-state index in [2.05, 4.69) is 20.9 Å². The number of carbonyl (C=O) groups excluding carboxylic acids is 1. The van der Waals surface area contributed by atoms with Gasteiger partial charge in [0.05, 0.1) is 6.54 Å². The first-order valence-electron chi connectivity index (χ1n) is 12.4. The summed E-state index contributed by atoms with van der Waals surface area (Å²) in [5.41, 5.74) is 5.87. The second-order valence-corrected chi connectivity index (χ2v) is 10.00. The van der Waals surface area contributed by atoms with Crippen LogP contribution < -0.4 is 5.32 Å². The van der Waals surface area contributed by atoms with E-state index in [4.69, 9.17) is 4.98 Å². The van der Waals surface area contributed by atoms with Gasteiger partial charge in [0.2, 0.25) is 0 Å². The zero-order valence-electron chi connectivity index (χ0n) is 20.1. The standard InChI is InChI=1S/C29H29FN4OS/c30-25-14-10-23(11-15-25)20-36-29-33-26-7-4-17-31-27(26)34(29)19-22-8-12-24(13-9-22)28(35)32-18-16-21-5-2-1-3-6-21/h4-5,7-15,17H,1-3,6,16,18-20H2,(H,32,35). The number of rotatable bonds is 9. The van der Waals surface area contributed by atoms with Gasteiger partial charge >= 0.3 is 0 Å². The minimum atomic E-state index is -0.237. The van der Waals surface area contributed by atoms with Crippen LogP contribution in [0.1, 0.15) is 53.6 Å². The Labute approximate surface area is 214 Å². The molecule has 5 nitrogen and oxygen atoms in total. The topological polar surface area (TPSA) is 59.8 Å². The second kappa shape index (κ2) is 11.5. The van der Waals surface area contributed by atoms with Gasteiger partial charge in [0.25, 0.3) is 5.91 Å². The summed E-state index contributed by atoms with van der Waals surface area (Å²) in [5.74, 6) is 0.404. The molecule has 2 aromatic heterocycles. The fourth-order valence-corrected chi connectivity index (χ4v) is 5.39. The Hall–Kier alpha value is -3.45. The fourth-order valence-electron chi connectivity index (χ4n) is 4.43. The quantitative estimate of drug-likeness (QED) is 0.210. The normalized spacial score (nSPS) is 13.5. The van der Waals surface area contributed by atoms with Gasteiger partial charge in [-0.1, -0.05) is 47.7 Å². The number of nitrogens with one attached hydrogen (secondary N) is 1. The Morgan fingerprint density at radius 1 is 1.03 bits per heavy atom. The van der Waals surface area contributed by atoms with E-state index in [1.807, 2.05) is 36.4 Å². The number of hydrogen-bond acceptors (Lipinski definition) is 4. The number of benzene rings is 2. The van der Waals surface area contributed by atoms with Crippen LogP contribution in [0.3, 0.4) is 0 Å². The predicted molar refractivity (Wildman–Crippen MR) is 143 cm³/mol. The number of aromatic nitrogens is 3. The highest BCUT2D eigenvalue weighted by molar-refractivity contribution is 7.98. The van der Waals surface area contributed by atoms with E-state index in [1.54, 1.807) is 30.1 Å². The number of fused-ring (bicyclic) bond motifs is 1. The Morgan fingerprint density at radius 3 is 2.61 bits per heavy atom. The number of carbonyl (C=O) groups is 1. The van der Waals surface area contributed by atoms with Gasteiger partial charge in [-0.05, 0) is 79.6 Å². The molecule has 2 aromatic carbocycles. The van der Waals surface area contributed by atoms with Gasteiger partial charge in [-0.25, -0.2) is 14.4 Å². The highest BCUT2D eigenvalue weighted by atomic mass is 32.2. The van der Waals surface area contributed by atoms with E-state index in [9.17, 15) is 9.18 Å². The van der Waals surface area contributed by atoms with Crippen molar-refractivity contribution in [3.8, 4) is 0 Å². The molecule has 1 N–H and O–H groups in total. The molecule has 0 fully saturated rings. The number of thioether (sulfide) groups is 1. The van der Waals surface area contributed by atoms with Crippen LogP contribution in [0, 0.1) is 5.82 Å². The van der Waals surface area contributed by atoms with E-state index in [0.717, 1.165) is 40.3 Å². The third-order valence-electron chi connectivity index (χ3n) is 6.42. The molecule has 1 aliphatic rings. The summed E-state index contributed by atoms with van der Waals surface area (Å²) in [6.07, 6.45) is 9.89. The third kappa shape index (κ3) is 6.02. The molecule has 36 heavy (non-hydrogen) atoms. The molecule has 0 spiro atoms. The summed E-state index contributed by atoms with van der Waals surface area (Å²) in [4.78, 5) is 21.9. The van der Waals surface area contributed by atoms with Gasteiger partial charge in [0.15, 0.2) is 10.8 Å². The van der Waals surface area contributed by atoms with Gasteiger partial charge in [-0.3, -0.25) is 9.36 Å². The first kappa shape index (κ1) is 24.3. The van der Waals surface area contributed by atoms with Crippen LogP contribution in [0.5, 0.6) is 0 Å². The van der Waals surface area contributed by atoms with E-state index in [0.29, 0.717) is 24.4 Å². The molecular weight excluding hydrogens is 471 g/mol. The highest BCUT2D eigenvalue weighted by Crippen LogP contribution is 2.27. The monoisotopic (exact) mass is 500 g/mol. The Bertz CT molecular complexity index is 1360. The van der Waals surface area contributed by atoms with Crippen LogP contribution in [-0.4, -0.2) is 27.0 Å². The van der Waals surface area contributed by atoms with Crippen LogP contribution in [-0.2, 0) is 12.3 Å². The van der Waals surface area contributed by atoms with Crippen molar-refractivity contribution in [2.75, 3.05) is 6.54 Å². The number of allylic oxidation sites excluding steroid dienone is 1. The molecular formula is C29H29FN4OS. The third-order valence-corrected chi connectivity index (χ3v) is 7.47. The molecule has 4 aromatic rings. The van der Waals surface area contributed by atoms with Gasteiger partial charge in [-0.2, -0.15) is 0 Å². The van der Waals surface area contributed by atoms with E-state index >= 15 is 0 Å². The second-order valence-electron chi connectivity index (χ2n) is 9.05. The number of amides is 1. The van der Waals surface area contributed by atoms with Crippen molar-refractivity contribution in [1.82, 2.24) is 19.9 Å². The van der Waals surface area contributed by atoms with Crippen LogP contribution in [0.4, 0.5) is 4.39 Å². The lowest BCUT2D eigenvalue weighted by Crippen LogP contribution is -2.24. The molecule has 0 radical (unpaired) electrons. The van der Waals surface area contributed by atoms with Gasteiger partial charge < -0.3 is 5.32 Å². The fraction of sp³-hybridized carbons (Fsp3) is 0.276. The predicted octanol–water partition coefficient (Wildman–Crippen LogP) is 6.53. The van der Waals surface area contributed by atoms with Crippen LogP contribution in [0.15, 0.2) is 83.7 Å². The largest absolute Gasteiger partial charge is 0.352 e. The molecule has 7 heteroatoms. The maximum atomic E-state index is 13.3. The molecule has 1 amide bonds. The van der Waals surface area contributed by atoms with Crippen LogP contribution in [0.2, 0.25) is 0 Å². The molecule has 0 saturated carbocycles. The van der Waals surface area contributed by atoms with Crippen molar-refractivity contribution in [2.24, 2.45) is 0 Å². The average molecular weight is 501 g/mol. The molecule has 0 unspecified atom stereocenters. The van der Waals surface area contributed by atoms with E-state index in [-0.39, 0.29) is 11.7 Å². The number of halogens is 1. The number of pyridine rings is 1. The lowest BCUT2D eigenvalue weighted by Gasteiger charge is -2.13. The smallest absolute Gasteiger partial charge is 0.251 e. The Kier molecular flexibility index (Phi) is 7.76. The molecule has 0 atom stereocenters. The van der Waals surface area contributed by atoms with Crippen molar-refractivity contribution in [1.29, 1.82) is 0 Å². The van der Waals surface area contributed by atoms with Crippen molar-refractivity contribution < 1.29 is 9.18 Å². The zero-order chi connectivity index (χ0) is 24.7. The number of hydrogen-bond donors (Lipinski definition) is 1. The minimum Gasteiger partial charge on any atom is -0.352 e. The minimum absolute atomic E-state index is 0.0387. The molecule has 0 bridgehead atoms. The van der Waals surface area contributed by atoms with E-state index in [1.165, 1.54) is 37.0 Å². The van der Waals surface area contributed by atoms with E-state index < -0.39 is 0 Å². The van der Waals surface area contributed by atoms with Crippen LogP contribution in [0.25, 0.3) is 11.2 Å². The number of nitrogens with zero attached hydrogens (tertiary/aromatic N) is 3. The summed E-state index contributed by atoms with van der Waals surface area (Å²) in [6.45, 7) is 1.27. The highest BCUT2D eigenvalue weighted by Gasteiger charge is 2.14. The first-order valence-corrected chi connectivity index (χ1v) is 13.4. The maximum absolute atomic E-state index is 13.3. The molecule has 184 valence electrons. The molecule has 1 aliphatic carbocycles. The summed E-state index contributed by atoms with van der Waals surface area (Å²) in [5, 5.41) is 3.90. The van der Waals surface area contributed by atoms with Crippen molar-refractivity contribution >= 4 is 28.8 Å². The molecule has 0 saturated heterocycles. The van der Waals surface area contributed by atoms with Gasteiger partial charge in [0, 0.05) is 24.1 Å². The molecule has 2 heterocycles. The summed E-state index contributed by atoms with van der Waals surface area (Å²) in [7, 11) is 0. The van der Waals surface area contributed by atoms with Gasteiger partial charge in [-0.15, -0.1) is 0 Å².